The van der Waals surface area contributed by atoms with Crippen molar-refractivity contribution in [2.24, 2.45) is 0 Å². The van der Waals surface area contributed by atoms with Gasteiger partial charge in [-0.3, -0.25) is 4.79 Å². The quantitative estimate of drug-likeness (QED) is 0.857. The summed E-state index contributed by atoms with van der Waals surface area (Å²) < 4.78 is 2.21. The minimum atomic E-state index is 0.0590. The molecular formula is C14H23N3O. The fourth-order valence-corrected chi connectivity index (χ4v) is 2.84. The molecular weight excluding hydrogens is 226 g/mol. The molecule has 0 bridgehead atoms. The van der Waals surface area contributed by atoms with E-state index in [9.17, 15) is 4.79 Å². The second-order valence-electron chi connectivity index (χ2n) is 5.41. The second kappa shape index (κ2) is 5.14. The van der Waals surface area contributed by atoms with Crippen molar-refractivity contribution in [1.29, 1.82) is 0 Å². The van der Waals surface area contributed by atoms with Crippen LogP contribution in [0.2, 0.25) is 0 Å². The SMILES string of the molecule is Cc1cc(C(=O)NC2CCNC2)c(C)n1C(C)C. The molecule has 1 atom stereocenters. The van der Waals surface area contributed by atoms with E-state index in [1.807, 2.05) is 13.0 Å². The number of nitrogens with one attached hydrogen (secondary N) is 2. The molecule has 1 aromatic heterocycles. The summed E-state index contributed by atoms with van der Waals surface area (Å²) in [4.78, 5) is 12.3. The highest BCUT2D eigenvalue weighted by molar-refractivity contribution is 5.96. The van der Waals surface area contributed by atoms with Gasteiger partial charge in [-0.1, -0.05) is 0 Å². The smallest absolute Gasteiger partial charge is 0.253 e. The number of nitrogens with zero attached hydrogens (tertiary/aromatic N) is 1. The van der Waals surface area contributed by atoms with Crippen molar-refractivity contribution in [2.45, 2.75) is 46.2 Å². The molecule has 0 aliphatic carbocycles. The summed E-state index contributed by atoms with van der Waals surface area (Å²) in [5, 5.41) is 6.36. The standard InChI is InChI=1S/C14H23N3O/c1-9(2)17-10(3)7-13(11(17)4)14(18)16-12-5-6-15-8-12/h7,9,12,15H,5-6,8H2,1-4H3,(H,16,18). The van der Waals surface area contributed by atoms with Crippen LogP contribution in [0.1, 0.15) is 48.1 Å². The Hall–Kier alpha value is -1.29. The maximum Gasteiger partial charge on any atom is 0.253 e. The van der Waals surface area contributed by atoms with Crippen molar-refractivity contribution < 1.29 is 4.79 Å². The Bertz CT molecular complexity index is 442. The summed E-state index contributed by atoms with van der Waals surface area (Å²) in [5.41, 5.74) is 3.02. The third kappa shape index (κ3) is 2.43. The largest absolute Gasteiger partial charge is 0.348 e. The van der Waals surface area contributed by atoms with Crippen molar-refractivity contribution in [3.63, 3.8) is 0 Å². The van der Waals surface area contributed by atoms with Gasteiger partial charge < -0.3 is 15.2 Å². The summed E-state index contributed by atoms with van der Waals surface area (Å²) in [6, 6.07) is 2.66. The van der Waals surface area contributed by atoms with Crippen LogP contribution in [0, 0.1) is 13.8 Å². The topological polar surface area (TPSA) is 46.1 Å². The van der Waals surface area contributed by atoms with Gasteiger partial charge in [0.25, 0.3) is 5.91 Å². The van der Waals surface area contributed by atoms with Crippen molar-refractivity contribution >= 4 is 5.91 Å². The van der Waals surface area contributed by atoms with E-state index < -0.39 is 0 Å². The van der Waals surface area contributed by atoms with Crippen LogP contribution in [0.25, 0.3) is 0 Å². The van der Waals surface area contributed by atoms with Gasteiger partial charge >= 0.3 is 0 Å². The van der Waals surface area contributed by atoms with Gasteiger partial charge in [0.05, 0.1) is 5.56 Å². The van der Waals surface area contributed by atoms with Gasteiger partial charge in [-0.05, 0) is 46.7 Å². The fraction of sp³-hybridized carbons (Fsp3) is 0.643. The lowest BCUT2D eigenvalue weighted by atomic mass is 10.2. The van der Waals surface area contributed by atoms with Crippen LogP contribution in [0.3, 0.4) is 0 Å². The molecule has 1 amide bonds. The molecule has 1 unspecified atom stereocenters. The molecule has 1 saturated heterocycles. The van der Waals surface area contributed by atoms with Crippen LogP contribution in [0.15, 0.2) is 6.07 Å². The lowest BCUT2D eigenvalue weighted by molar-refractivity contribution is 0.0939. The van der Waals surface area contributed by atoms with Crippen LogP contribution in [-0.2, 0) is 0 Å². The average molecular weight is 249 g/mol. The van der Waals surface area contributed by atoms with Crippen molar-refractivity contribution in [1.82, 2.24) is 15.2 Å². The van der Waals surface area contributed by atoms with Crippen LogP contribution < -0.4 is 10.6 Å². The first kappa shape index (κ1) is 13.1. The van der Waals surface area contributed by atoms with Gasteiger partial charge in [-0.25, -0.2) is 0 Å². The number of hydrogen-bond acceptors (Lipinski definition) is 2. The van der Waals surface area contributed by atoms with E-state index in [0.29, 0.717) is 6.04 Å². The van der Waals surface area contributed by atoms with Gasteiger partial charge in [-0.2, -0.15) is 0 Å². The molecule has 2 N–H and O–H groups in total. The van der Waals surface area contributed by atoms with Gasteiger partial charge in [0.1, 0.15) is 0 Å². The molecule has 100 valence electrons. The molecule has 0 radical (unpaired) electrons. The molecule has 2 rings (SSSR count). The molecule has 1 aliphatic rings. The van der Waals surface area contributed by atoms with Crippen molar-refractivity contribution in [3.8, 4) is 0 Å². The normalized spacial score (nSPS) is 19.5. The third-order valence-corrected chi connectivity index (χ3v) is 3.64. The predicted molar refractivity (Wildman–Crippen MR) is 73.0 cm³/mol. The molecule has 18 heavy (non-hydrogen) atoms. The average Bonchev–Trinajstić information content (AvgIpc) is 2.86. The summed E-state index contributed by atoms with van der Waals surface area (Å²) >= 11 is 0. The summed E-state index contributed by atoms with van der Waals surface area (Å²) in [7, 11) is 0. The highest BCUT2D eigenvalue weighted by Gasteiger charge is 2.21. The molecule has 4 nitrogen and oxygen atoms in total. The number of carbonyl (C=O) groups excluding carboxylic acids is 1. The fourth-order valence-electron chi connectivity index (χ4n) is 2.84. The minimum Gasteiger partial charge on any atom is -0.348 e. The van der Waals surface area contributed by atoms with E-state index in [2.05, 4.69) is 36.0 Å². The Morgan fingerprint density at radius 1 is 1.50 bits per heavy atom. The zero-order valence-electron chi connectivity index (χ0n) is 11.7. The Balaban J connectivity index is 2.17. The first-order chi connectivity index (χ1) is 8.50. The maximum absolute atomic E-state index is 12.3. The zero-order valence-corrected chi connectivity index (χ0v) is 11.7. The first-order valence-corrected chi connectivity index (χ1v) is 6.70. The molecule has 0 spiro atoms. The van der Waals surface area contributed by atoms with E-state index in [-0.39, 0.29) is 11.9 Å². The van der Waals surface area contributed by atoms with E-state index in [1.54, 1.807) is 0 Å². The number of rotatable bonds is 3. The third-order valence-electron chi connectivity index (χ3n) is 3.64. The Morgan fingerprint density at radius 3 is 2.72 bits per heavy atom. The second-order valence-corrected chi connectivity index (χ2v) is 5.41. The van der Waals surface area contributed by atoms with Gasteiger partial charge in [0.15, 0.2) is 0 Å². The number of hydrogen-bond donors (Lipinski definition) is 2. The predicted octanol–water partition coefficient (Wildman–Crippen LogP) is 1.78. The van der Waals surface area contributed by atoms with E-state index in [0.717, 1.165) is 36.5 Å². The molecule has 0 saturated carbocycles. The van der Waals surface area contributed by atoms with E-state index >= 15 is 0 Å². The van der Waals surface area contributed by atoms with Gasteiger partial charge in [0.2, 0.25) is 0 Å². The molecule has 1 fully saturated rings. The number of carbonyl (C=O) groups is 1. The van der Waals surface area contributed by atoms with Crippen molar-refractivity contribution in [2.75, 3.05) is 13.1 Å². The lowest BCUT2D eigenvalue weighted by Crippen LogP contribution is -2.36. The monoisotopic (exact) mass is 249 g/mol. The molecule has 2 heterocycles. The Morgan fingerprint density at radius 2 is 2.22 bits per heavy atom. The van der Waals surface area contributed by atoms with Crippen LogP contribution in [-0.4, -0.2) is 29.6 Å². The molecule has 0 aromatic carbocycles. The Labute approximate surface area is 109 Å². The highest BCUT2D eigenvalue weighted by Crippen LogP contribution is 2.20. The van der Waals surface area contributed by atoms with E-state index in [4.69, 9.17) is 0 Å². The summed E-state index contributed by atoms with van der Waals surface area (Å²) in [6.07, 6.45) is 1.02. The van der Waals surface area contributed by atoms with Crippen LogP contribution in [0.4, 0.5) is 0 Å². The van der Waals surface area contributed by atoms with Gasteiger partial charge in [0, 0.05) is 30.0 Å². The highest BCUT2D eigenvalue weighted by atomic mass is 16.1. The number of aryl methyl sites for hydroxylation is 1. The van der Waals surface area contributed by atoms with E-state index in [1.165, 1.54) is 0 Å². The van der Waals surface area contributed by atoms with Crippen LogP contribution in [0.5, 0.6) is 0 Å². The zero-order chi connectivity index (χ0) is 13.3. The minimum absolute atomic E-state index is 0.0590. The van der Waals surface area contributed by atoms with Crippen LogP contribution >= 0.6 is 0 Å². The summed E-state index contributed by atoms with van der Waals surface area (Å²) in [5.74, 6) is 0.0590. The first-order valence-electron chi connectivity index (χ1n) is 6.70. The molecule has 1 aromatic rings. The molecule has 4 heteroatoms. The van der Waals surface area contributed by atoms with Crippen molar-refractivity contribution in [3.05, 3.63) is 23.0 Å². The number of amides is 1. The lowest BCUT2D eigenvalue weighted by Gasteiger charge is -2.14. The summed E-state index contributed by atoms with van der Waals surface area (Å²) in [6.45, 7) is 10.2. The Kier molecular flexibility index (Phi) is 3.76. The van der Waals surface area contributed by atoms with Gasteiger partial charge in [-0.15, -0.1) is 0 Å². The number of aromatic nitrogens is 1. The maximum atomic E-state index is 12.3. The molecule has 1 aliphatic heterocycles.